The van der Waals surface area contributed by atoms with Gasteiger partial charge in [-0.15, -0.1) is 0 Å². The molecule has 1 fully saturated rings. The molecule has 1 heterocycles. The van der Waals surface area contributed by atoms with E-state index in [0.717, 1.165) is 0 Å². The summed E-state index contributed by atoms with van der Waals surface area (Å²) in [7, 11) is -1.47. The third-order valence-electron chi connectivity index (χ3n) is 4.78. The summed E-state index contributed by atoms with van der Waals surface area (Å²) in [6, 6.07) is 21.3. The predicted octanol–water partition coefficient (Wildman–Crippen LogP) is 4.60. The molecule has 0 bridgehead atoms. The standard InChI is InChI=1S/C18H22OSi/c1-17(20(2,3)4)18(19-17,15-11-7-5-8-12-15)16-13-9-6-10-14-16/h5-14H,1-4H3/t17-/m1/s1. The highest BCUT2D eigenvalue weighted by atomic mass is 28.3. The lowest BCUT2D eigenvalue weighted by Gasteiger charge is -2.27. The molecule has 0 N–H and O–H groups in total. The summed E-state index contributed by atoms with van der Waals surface area (Å²) in [5.74, 6) is 0. The van der Waals surface area contributed by atoms with Crippen molar-refractivity contribution in [3.05, 3.63) is 71.8 Å². The SMILES string of the molecule is C[C@]1([Si](C)(C)C)OC1(c1ccccc1)c1ccccc1. The van der Waals surface area contributed by atoms with Gasteiger partial charge < -0.3 is 4.74 Å². The maximum Gasteiger partial charge on any atom is 0.144 e. The zero-order chi connectivity index (χ0) is 14.4. The first-order chi connectivity index (χ1) is 9.42. The first-order valence-corrected chi connectivity index (χ1v) is 10.7. The van der Waals surface area contributed by atoms with Crippen molar-refractivity contribution >= 4 is 8.07 Å². The highest BCUT2D eigenvalue weighted by molar-refractivity contribution is 6.80. The smallest absolute Gasteiger partial charge is 0.144 e. The Hall–Kier alpha value is -1.38. The van der Waals surface area contributed by atoms with Gasteiger partial charge in [-0.1, -0.05) is 80.3 Å². The first kappa shape index (κ1) is 13.6. The molecule has 1 saturated heterocycles. The fourth-order valence-electron chi connectivity index (χ4n) is 3.14. The van der Waals surface area contributed by atoms with Crippen LogP contribution in [0.25, 0.3) is 0 Å². The Bertz CT molecular complexity index is 561. The molecule has 0 unspecified atom stereocenters. The summed E-state index contributed by atoms with van der Waals surface area (Å²) in [5.41, 5.74) is 2.28. The second-order valence-corrected chi connectivity index (χ2v) is 12.3. The average molecular weight is 282 g/mol. The van der Waals surface area contributed by atoms with Gasteiger partial charge in [-0.05, 0) is 18.1 Å². The Kier molecular flexibility index (Phi) is 2.93. The van der Waals surface area contributed by atoms with Crippen LogP contribution in [0.2, 0.25) is 19.6 Å². The molecule has 1 aliphatic heterocycles. The van der Waals surface area contributed by atoms with Gasteiger partial charge in [0, 0.05) is 0 Å². The van der Waals surface area contributed by atoms with Crippen molar-refractivity contribution in [1.82, 2.24) is 0 Å². The van der Waals surface area contributed by atoms with E-state index < -0.39 is 8.07 Å². The summed E-state index contributed by atoms with van der Waals surface area (Å²) in [4.78, 5) is 0. The maximum absolute atomic E-state index is 6.49. The Balaban J connectivity index is 2.18. The van der Waals surface area contributed by atoms with Gasteiger partial charge in [0.25, 0.3) is 0 Å². The van der Waals surface area contributed by atoms with Crippen LogP contribution in [-0.2, 0) is 10.3 Å². The largest absolute Gasteiger partial charge is 0.356 e. The number of benzene rings is 2. The second-order valence-electron chi connectivity index (χ2n) is 6.80. The minimum absolute atomic E-state index is 0.0529. The van der Waals surface area contributed by atoms with Crippen LogP contribution in [0.5, 0.6) is 0 Å². The molecule has 1 nitrogen and oxygen atoms in total. The third-order valence-corrected chi connectivity index (χ3v) is 8.10. The van der Waals surface area contributed by atoms with Crippen LogP contribution in [-0.4, -0.2) is 13.3 Å². The number of ether oxygens (including phenoxy) is 1. The number of epoxide rings is 1. The third kappa shape index (κ3) is 1.71. The molecule has 0 amide bonds. The molecule has 3 rings (SSSR count). The summed E-state index contributed by atoms with van der Waals surface area (Å²) in [6.45, 7) is 9.46. The van der Waals surface area contributed by atoms with E-state index in [-0.39, 0.29) is 10.8 Å². The number of hydrogen-bond donors (Lipinski definition) is 0. The summed E-state index contributed by atoms with van der Waals surface area (Å²) in [5, 5.41) is -0.0529. The minimum Gasteiger partial charge on any atom is -0.356 e. The monoisotopic (exact) mass is 282 g/mol. The Labute approximate surface area is 122 Å². The molecular formula is C18H22OSi. The highest BCUT2D eigenvalue weighted by Gasteiger charge is 2.73. The molecule has 20 heavy (non-hydrogen) atoms. The summed E-state index contributed by atoms with van der Waals surface area (Å²) in [6.07, 6.45) is 0. The molecule has 1 atom stereocenters. The van der Waals surface area contributed by atoms with Crippen LogP contribution in [0, 0.1) is 0 Å². The molecular weight excluding hydrogens is 260 g/mol. The Morgan fingerprint density at radius 2 is 1.15 bits per heavy atom. The second kappa shape index (κ2) is 4.30. The van der Waals surface area contributed by atoms with E-state index in [2.05, 4.69) is 87.2 Å². The van der Waals surface area contributed by atoms with E-state index in [1.807, 2.05) is 0 Å². The van der Waals surface area contributed by atoms with E-state index in [0.29, 0.717) is 0 Å². The van der Waals surface area contributed by atoms with E-state index in [1.165, 1.54) is 11.1 Å². The van der Waals surface area contributed by atoms with Crippen molar-refractivity contribution in [2.24, 2.45) is 0 Å². The average Bonchev–Trinajstić information content (AvgIpc) is 3.10. The molecule has 0 aromatic heterocycles. The maximum atomic E-state index is 6.49. The molecule has 0 saturated carbocycles. The number of hydrogen-bond acceptors (Lipinski definition) is 1. The predicted molar refractivity (Wildman–Crippen MR) is 86.5 cm³/mol. The van der Waals surface area contributed by atoms with Crippen molar-refractivity contribution in [3.63, 3.8) is 0 Å². The lowest BCUT2D eigenvalue weighted by molar-refractivity contribution is 0.317. The van der Waals surface area contributed by atoms with Crippen LogP contribution in [0.3, 0.4) is 0 Å². The fourth-order valence-corrected chi connectivity index (χ4v) is 4.95. The van der Waals surface area contributed by atoms with Crippen molar-refractivity contribution < 1.29 is 4.74 Å². The van der Waals surface area contributed by atoms with Crippen molar-refractivity contribution in [2.75, 3.05) is 0 Å². The van der Waals surface area contributed by atoms with Gasteiger partial charge >= 0.3 is 0 Å². The lowest BCUT2D eigenvalue weighted by atomic mass is 9.88. The molecule has 0 radical (unpaired) electrons. The molecule has 1 aliphatic rings. The van der Waals surface area contributed by atoms with Crippen LogP contribution in [0.15, 0.2) is 60.7 Å². The van der Waals surface area contributed by atoms with Crippen LogP contribution in [0.4, 0.5) is 0 Å². The Morgan fingerprint density at radius 1 is 0.750 bits per heavy atom. The van der Waals surface area contributed by atoms with Gasteiger partial charge in [0.15, 0.2) is 0 Å². The topological polar surface area (TPSA) is 12.5 Å². The molecule has 104 valence electrons. The van der Waals surface area contributed by atoms with Crippen molar-refractivity contribution in [3.8, 4) is 0 Å². The first-order valence-electron chi connectivity index (χ1n) is 7.23. The van der Waals surface area contributed by atoms with Gasteiger partial charge in [0.1, 0.15) is 5.60 Å². The van der Waals surface area contributed by atoms with Gasteiger partial charge in [0.05, 0.1) is 13.3 Å². The summed E-state index contributed by atoms with van der Waals surface area (Å²) < 4.78 is 6.49. The van der Waals surface area contributed by atoms with Gasteiger partial charge in [-0.25, -0.2) is 0 Å². The highest BCUT2D eigenvalue weighted by Crippen LogP contribution is 2.63. The quantitative estimate of drug-likeness (QED) is 0.592. The molecule has 2 aromatic carbocycles. The van der Waals surface area contributed by atoms with Gasteiger partial charge in [0.2, 0.25) is 0 Å². The molecule has 0 spiro atoms. The van der Waals surface area contributed by atoms with Crippen LogP contribution < -0.4 is 0 Å². The zero-order valence-corrected chi connectivity index (χ0v) is 13.7. The molecule has 2 heteroatoms. The summed E-state index contributed by atoms with van der Waals surface area (Å²) >= 11 is 0. The Morgan fingerprint density at radius 3 is 1.45 bits per heavy atom. The van der Waals surface area contributed by atoms with Crippen molar-refractivity contribution in [2.45, 2.75) is 37.4 Å². The number of rotatable bonds is 3. The lowest BCUT2D eigenvalue weighted by Crippen LogP contribution is -2.44. The van der Waals surface area contributed by atoms with Crippen LogP contribution in [0.1, 0.15) is 18.1 Å². The minimum atomic E-state index is -1.47. The zero-order valence-electron chi connectivity index (χ0n) is 12.7. The fraction of sp³-hybridized carbons (Fsp3) is 0.333. The van der Waals surface area contributed by atoms with E-state index in [9.17, 15) is 0 Å². The van der Waals surface area contributed by atoms with Gasteiger partial charge in [-0.3, -0.25) is 0 Å². The van der Waals surface area contributed by atoms with E-state index >= 15 is 0 Å². The molecule has 0 aliphatic carbocycles. The van der Waals surface area contributed by atoms with E-state index in [1.54, 1.807) is 0 Å². The van der Waals surface area contributed by atoms with E-state index in [4.69, 9.17) is 4.74 Å². The van der Waals surface area contributed by atoms with Gasteiger partial charge in [-0.2, -0.15) is 0 Å². The van der Waals surface area contributed by atoms with Crippen molar-refractivity contribution in [1.29, 1.82) is 0 Å². The van der Waals surface area contributed by atoms with Crippen LogP contribution >= 0.6 is 0 Å². The normalized spacial score (nSPS) is 24.4. The molecule has 2 aromatic rings.